The summed E-state index contributed by atoms with van der Waals surface area (Å²) in [4.78, 5) is 11.6. The minimum atomic E-state index is -4.48. The molecule has 18 heavy (non-hydrogen) atoms. The van der Waals surface area contributed by atoms with Gasteiger partial charge in [-0.1, -0.05) is 0 Å². The van der Waals surface area contributed by atoms with Crippen molar-refractivity contribution in [3.8, 4) is 5.75 Å². The summed E-state index contributed by atoms with van der Waals surface area (Å²) in [5.74, 6) is -0.869. The average molecular weight is 262 g/mol. The van der Waals surface area contributed by atoms with Crippen LogP contribution in [0.15, 0.2) is 18.2 Å². The molecule has 0 amide bonds. The van der Waals surface area contributed by atoms with Gasteiger partial charge in [-0.05, 0) is 32.0 Å². The Labute approximate surface area is 103 Å². The topological polar surface area (TPSA) is 35.5 Å². The van der Waals surface area contributed by atoms with Gasteiger partial charge in [0, 0.05) is 0 Å². The Hall–Kier alpha value is -1.72. The lowest BCUT2D eigenvalue weighted by Gasteiger charge is -2.13. The summed E-state index contributed by atoms with van der Waals surface area (Å²) in [7, 11) is 1.20. The summed E-state index contributed by atoms with van der Waals surface area (Å²) < 4.78 is 47.1. The first kappa shape index (κ1) is 14.3. The molecule has 0 atom stereocenters. The van der Waals surface area contributed by atoms with E-state index < -0.39 is 17.7 Å². The van der Waals surface area contributed by atoms with Crippen LogP contribution >= 0.6 is 0 Å². The van der Waals surface area contributed by atoms with E-state index in [0.29, 0.717) is 0 Å². The van der Waals surface area contributed by atoms with E-state index in [4.69, 9.17) is 9.47 Å². The molecule has 0 heterocycles. The number of hydrogen-bond acceptors (Lipinski definition) is 3. The number of methoxy groups -OCH3 is 1. The monoisotopic (exact) mass is 262 g/mol. The van der Waals surface area contributed by atoms with Crippen LogP contribution in [-0.4, -0.2) is 19.2 Å². The van der Waals surface area contributed by atoms with Gasteiger partial charge in [0.25, 0.3) is 0 Å². The number of esters is 1. The number of alkyl halides is 3. The molecule has 0 radical (unpaired) electrons. The molecule has 0 saturated carbocycles. The molecular formula is C12H13F3O3. The number of carbonyl (C=O) groups is 1. The fraction of sp³-hybridized carbons (Fsp3) is 0.417. The van der Waals surface area contributed by atoms with Crippen molar-refractivity contribution >= 4 is 5.97 Å². The zero-order valence-electron chi connectivity index (χ0n) is 10.2. The molecule has 1 rings (SSSR count). The largest absolute Gasteiger partial charge is 0.496 e. The normalized spacial score (nSPS) is 11.5. The second-order valence-electron chi connectivity index (χ2n) is 3.87. The first-order valence-corrected chi connectivity index (χ1v) is 5.22. The summed E-state index contributed by atoms with van der Waals surface area (Å²) in [6.07, 6.45) is -4.84. The summed E-state index contributed by atoms with van der Waals surface area (Å²) in [5.41, 5.74) is -0.903. The Bertz CT molecular complexity index is 439. The fourth-order valence-corrected chi connectivity index (χ4v) is 1.31. The Balaban J connectivity index is 3.12. The number of halogens is 3. The lowest BCUT2D eigenvalue weighted by Crippen LogP contribution is -2.14. The minimum Gasteiger partial charge on any atom is -0.496 e. The highest BCUT2D eigenvalue weighted by atomic mass is 19.4. The third kappa shape index (κ3) is 3.38. The molecule has 1 aromatic carbocycles. The molecule has 6 heteroatoms. The maximum absolute atomic E-state index is 12.5. The van der Waals surface area contributed by atoms with E-state index in [1.54, 1.807) is 13.8 Å². The molecule has 0 aliphatic rings. The number of benzene rings is 1. The number of rotatable bonds is 3. The van der Waals surface area contributed by atoms with Crippen LogP contribution in [0, 0.1) is 0 Å². The van der Waals surface area contributed by atoms with E-state index in [2.05, 4.69) is 0 Å². The van der Waals surface area contributed by atoms with Crippen molar-refractivity contribution < 1.29 is 27.4 Å². The van der Waals surface area contributed by atoms with Crippen molar-refractivity contribution in [2.75, 3.05) is 7.11 Å². The second kappa shape index (κ2) is 5.29. The van der Waals surface area contributed by atoms with Crippen molar-refractivity contribution in [3.63, 3.8) is 0 Å². The highest BCUT2D eigenvalue weighted by molar-refractivity contribution is 5.92. The van der Waals surface area contributed by atoms with Crippen molar-refractivity contribution in [3.05, 3.63) is 29.3 Å². The van der Waals surface area contributed by atoms with E-state index in [0.717, 1.165) is 18.2 Å². The van der Waals surface area contributed by atoms with E-state index in [1.807, 2.05) is 0 Å². The molecule has 0 aliphatic carbocycles. The maximum Gasteiger partial charge on any atom is 0.416 e. The van der Waals surface area contributed by atoms with Crippen LogP contribution in [0.4, 0.5) is 13.2 Å². The van der Waals surface area contributed by atoms with E-state index in [-0.39, 0.29) is 17.4 Å². The molecule has 100 valence electrons. The molecule has 0 aromatic heterocycles. The standard InChI is InChI=1S/C12H13F3O3/c1-7(2)18-11(16)9-5-4-8(12(13,14)15)6-10(9)17-3/h4-7H,1-3H3. The van der Waals surface area contributed by atoms with Crippen LogP contribution in [-0.2, 0) is 10.9 Å². The molecule has 0 bridgehead atoms. The lowest BCUT2D eigenvalue weighted by molar-refractivity contribution is -0.137. The van der Waals surface area contributed by atoms with Gasteiger partial charge in [0.15, 0.2) is 0 Å². The third-order valence-corrected chi connectivity index (χ3v) is 2.09. The van der Waals surface area contributed by atoms with Crippen LogP contribution in [0.3, 0.4) is 0 Å². The lowest BCUT2D eigenvalue weighted by atomic mass is 10.1. The molecule has 1 aromatic rings. The van der Waals surface area contributed by atoms with Crippen molar-refractivity contribution in [2.24, 2.45) is 0 Å². The minimum absolute atomic E-state index is 0.0285. The van der Waals surface area contributed by atoms with Crippen LogP contribution in [0.25, 0.3) is 0 Å². The predicted octanol–water partition coefficient (Wildman–Crippen LogP) is 3.28. The summed E-state index contributed by atoms with van der Waals surface area (Å²) in [6, 6.07) is 2.64. The van der Waals surface area contributed by atoms with Gasteiger partial charge in [0.05, 0.1) is 18.8 Å². The van der Waals surface area contributed by atoms with Gasteiger partial charge >= 0.3 is 12.1 Å². The summed E-state index contributed by atoms with van der Waals surface area (Å²) in [5, 5.41) is 0. The maximum atomic E-state index is 12.5. The van der Waals surface area contributed by atoms with Gasteiger partial charge in [-0.15, -0.1) is 0 Å². The zero-order valence-corrected chi connectivity index (χ0v) is 10.2. The van der Waals surface area contributed by atoms with Gasteiger partial charge in [-0.2, -0.15) is 13.2 Å². The van der Waals surface area contributed by atoms with Crippen LogP contribution in [0.1, 0.15) is 29.8 Å². The van der Waals surface area contributed by atoms with Crippen molar-refractivity contribution in [1.82, 2.24) is 0 Å². The molecular weight excluding hydrogens is 249 g/mol. The molecule has 0 saturated heterocycles. The number of ether oxygens (including phenoxy) is 2. The first-order valence-electron chi connectivity index (χ1n) is 5.22. The van der Waals surface area contributed by atoms with Crippen LogP contribution in [0.5, 0.6) is 5.75 Å². The summed E-state index contributed by atoms with van der Waals surface area (Å²) >= 11 is 0. The molecule has 0 fully saturated rings. The fourth-order valence-electron chi connectivity index (χ4n) is 1.31. The molecule has 0 unspecified atom stereocenters. The predicted molar refractivity (Wildman–Crippen MR) is 58.5 cm³/mol. The first-order chi connectivity index (χ1) is 8.25. The molecule has 3 nitrogen and oxygen atoms in total. The quantitative estimate of drug-likeness (QED) is 0.784. The third-order valence-electron chi connectivity index (χ3n) is 2.09. The van der Waals surface area contributed by atoms with Crippen molar-refractivity contribution in [1.29, 1.82) is 0 Å². The van der Waals surface area contributed by atoms with Gasteiger partial charge in [-0.25, -0.2) is 4.79 Å². The Morgan fingerprint density at radius 3 is 2.33 bits per heavy atom. The summed E-state index contributed by atoms with van der Waals surface area (Å²) in [6.45, 7) is 3.29. The van der Waals surface area contributed by atoms with Gasteiger partial charge in [0.1, 0.15) is 11.3 Å². The van der Waals surface area contributed by atoms with Crippen molar-refractivity contribution in [2.45, 2.75) is 26.1 Å². The van der Waals surface area contributed by atoms with Gasteiger partial charge in [-0.3, -0.25) is 0 Å². The molecule has 0 aliphatic heterocycles. The van der Waals surface area contributed by atoms with Crippen LogP contribution < -0.4 is 4.74 Å². The average Bonchev–Trinajstić information content (AvgIpc) is 2.26. The van der Waals surface area contributed by atoms with E-state index >= 15 is 0 Å². The van der Waals surface area contributed by atoms with E-state index in [1.165, 1.54) is 7.11 Å². The SMILES string of the molecule is COc1cc(C(F)(F)F)ccc1C(=O)OC(C)C. The van der Waals surface area contributed by atoms with Crippen LogP contribution in [0.2, 0.25) is 0 Å². The second-order valence-corrected chi connectivity index (χ2v) is 3.87. The Morgan fingerprint density at radius 2 is 1.89 bits per heavy atom. The number of hydrogen-bond donors (Lipinski definition) is 0. The Morgan fingerprint density at radius 1 is 1.28 bits per heavy atom. The zero-order chi connectivity index (χ0) is 13.9. The smallest absolute Gasteiger partial charge is 0.416 e. The van der Waals surface area contributed by atoms with Gasteiger partial charge in [0.2, 0.25) is 0 Å². The Kier molecular flexibility index (Phi) is 4.21. The highest BCUT2D eigenvalue weighted by Gasteiger charge is 2.32. The highest BCUT2D eigenvalue weighted by Crippen LogP contribution is 2.33. The number of carbonyl (C=O) groups excluding carboxylic acids is 1. The molecule has 0 N–H and O–H groups in total. The van der Waals surface area contributed by atoms with E-state index in [9.17, 15) is 18.0 Å². The molecule has 0 spiro atoms. The van der Waals surface area contributed by atoms with Gasteiger partial charge < -0.3 is 9.47 Å².